The van der Waals surface area contributed by atoms with E-state index in [9.17, 15) is 4.79 Å². The van der Waals surface area contributed by atoms with Crippen molar-refractivity contribution < 1.29 is 4.79 Å². The SMILES string of the molecule is CCCN(CCC)C(=O)c1cnc(C)cc1N. The minimum atomic E-state index is -0.0151. The molecule has 1 heterocycles. The summed E-state index contributed by atoms with van der Waals surface area (Å²) >= 11 is 0. The number of aromatic nitrogens is 1. The first-order valence-electron chi connectivity index (χ1n) is 6.11. The second kappa shape index (κ2) is 6.23. The van der Waals surface area contributed by atoms with Crippen LogP contribution in [0.5, 0.6) is 0 Å². The molecule has 1 amide bonds. The van der Waals surface area contributed by atoms with Crippen molar-refractivity contribution in [2.75, 3.05) is 18.8 Å². The van der Waals surface area contributed by atoms with Gasteiger partial charge in [0.2, 0.25) is 0 Å². The van der Waals surface area contributed by atoms with Gasteiger partial charge in [-0.05, 0) is 25.8 Å². The fourth-order valence-electron chi connectivity index (χ4n) is 1.78. The van der Waals surface area contributed by atoms with Gasteiger partial charge in [-0.25, -0.2) is 0 Å². The van der Waals surface area contributed by atoms with E-state index < -0.39 is 0 Å². The minimum absolute atomic E-state index is 0.0151. The van der Waals surface area contributed by atoms with Crippen LogP contribution in [0.1, 0.15) is 42.7 Å². The number of nitrogens with two attached hydrogens (primary N) is 1. The number of nitrogen functional groups attached to an aromatic ring is 1. The van der Waals surface area contributed by atoms with Gasteiger partial charge >= 0.3 is 0 Å². The van der Waals surface area contributed by atoms with Crippen molar-refractivity contribution in [1.82, 2.24) is 9.88 Å². The van der Waals surface area contributed by atoms with Crippen LogP contribution in [0.3, 0.4) is 0 Å². The van der Waals surface area contributed by atoms with Crippen LogP contribution in [0.4, 0.5) is 5.69 Å². The summed E-state index contributed by atoms with van der Waals surface area (Å²) in [6.07, 6.45) is 3.47. The number of hydrogen-bond donors (Lipinski definition) is 1. The van der Waals surface area contributed by atoms with Crippen LogP contribution in [0.15, 0.2) is 12.3 Å². The number of nitrogens with zero attached hydrogens (tertiary/aromatic N) is 2. The van der Waals surface area contributed by atoms with Gasteiger partial charge in [-0.1, -0.05) is 13.8 Å². The van der Waals surface area contributed by atoms with E-state index in [2.05, 4.69) is 18.8 Å². The fourth-order valence-corrected chi connectivity index (χ4v) is 1.78. The standard InChI is InChI=1S/C13H21N3O/c1-4-6-16(7-5-2)13(17)11-9-15-10(3)8-12(11)14/h8-9H,4-7H2,1-3H3,(H2,14,15). The third-order valence-corrected chi connectivity index (χ3v) is 2.58. The molecule has 0 radical (unpaired) electrons. The van der Waals surface area contributed by atoms with Crippen LogP contribution in [0, 0.1) is 6.92 Å². The van der Waals surface area contributed by atoms with Crippen LogP contribution < -0.4 is 5.73 Å². The molecule has 4 heteroatoms. The van der Waals surface area contributed by atoms with Crippen molar-refractivity contribution >= 4 is 11.6 Å². The Morgan fingerprint density at radius 1 is 1.35 bits per heavy atom. The molecule has 0 saturated carbocycles. The predicted octanol–water partition coefficient (Wildman–Crippen LogP) is 2.23. The molecule has 4 nitrogen and oxygen atoms in total. The summed E-state index contributed by atoms with van der Waals surface area (Å²) in [5.41, 5.74) is 7.72. The lowest BCUT2D eigenvalue weighted by Crippen LogP contribution is -2.33. The van der Waals surface area contributed by atoms with E-state index in [1.807, 2.05) is 11.8 Å². The maximum Gasteiger partial charge on any atom is 0.257 e. The average molecular weight is 235 g/mol. The molecule has 1 aromatic heterocycles. The molecule has 0 aliphatic heterocycles. The molecule has 17 heavy (non-hydrogen) atoms. The first-order chi connectivity index (χ1) is 8.10. The molecule has 0 unspecified atom stereocenters. The number of rotatable bonds is 5. The molecule has 0 atom stereocenters. The molecule has 0 bridgehead atoms. The van der Waals surface area contributed by atoms with Crippen LogP contribution in [-0.4, -0.2) is 28.9 Å². The van der Waals surface area contributed by atoms with E-state index >= 15 is 0 Å². The molecule has 0 aliphatic rings. The predicted molar refractivity (Wildman–Crippen MR) is 69.9 cm³/mol. The molecule has 94 valence electrons. The Kier molecular flexibility index (Phi) is 4.94. The zero-order valence-electron chi connectivity index (χ0n) is 10.9. The van der Waals surface area contributed by atoms with Crippen LogP contribution >= 0.6 is 0 Å². The summed E-state index contributed by atoms with van der Waals surface area (Å²) in [6.45, 7) is 7.51. The van der Waals surface area contributed by atoms with Gasteiger partial charge in [0.1, 0.15) is 0 Å². The summed E-state index contributed by atoms with van der Waals surface area (Å²) in [4.78, 5) is 18.2. The Labute approximate surface area is 103 Å². The smallest absolute Gasteiger partial charge is 0.257 e. The number of aryl methyl sites for hydroxylation is 1. The highest BCUT2D eigenvalue weighted by Crippen LogP contribution is 2.14. The van der Waals surface area contributed by atoms with Crippen molar-refractivity contribution in [2.45, 2.75) is 33.6 Å². The van der Waals surface area contributed by atoms with Gasteiger partial charge in [0.05, 0.1) is 5.56 Å². The summed E-state index contributed by atoms with van der Waals surface area (Å²) in [5, 5.41) is 0. The normalized spacial score (nSPS) is 10.3. The number of amides is 1. The van der Waals surface area contributed by atoms with Gasteiger partial charge in [-0.2, -0.15) is 0 Å². The second-order valence-corrected chi connectivity index (χ2v) is 4.21. The Bertz CT molecular complexity index is 384. The first-order valence-corrected chi connectivity index (χ1v) is 6.11. The third-order valence-electron chi connectivity index (χ3n) is 2.58. The molecule has 0 aliphatic carbocycles. The minimum Gasteiger partial charge on any atom is -0.398 e. The molecular formula is C13H21N3O. The zero-order valence-corrected chi connectivity index (χ0v) is 10.9. The summed E-state index contributed by atoms with van der Waals surface area (Å²) in [5.74, 6) is -0.0151. The summed E-state index contributed by atoms with van der Waals surface area (Å²) in [7, 11) is 0. The first kappa shape index (κ1) is 13.5. The lowest BCUT2D eigenvalue weighted by atomic mass is 10.2. The Hall–Kier alpha value is -1.58. The molecule has 2 N–H and O–H groups in total. The van der Waals surface area contributed by atoms with E-state index in [-0.39, 0.29) is 5.91 Å². The summed E-state index contributed by atoms with van der Waals surface area (Å²) < 4.78 is 0. The highest BCUT2D eigenvalue weighted by Gasteiger charge is 2.17. The number of pyridine rings is 1. The lowest BCUT2D eigenvalue weighted by Gasteiger charge is -2.22. The van der Waals surface area contributed by atoms with Gasteiger partial charge < -0.3 is 10.6 Å². The molecule has 0 fully saturated rings. The number of anilines is 1. The average Bonchev–Trinajstić information content (AvgIpc) is 2.28. The van der Waals surface area contributed by atoms with E-state index in [4.69, 9.17) is 5.73 Å². The molecule has 1 aromatic rings. The topological polar surface area (TPSA) is 59.2 Å². The fraction of sp³-hybridized carbons (Fsp3) is 0.538. The van der Waals surface area contributed by atoms with Gasteiger partial charge in [-0.15, -0.1) is 0 Å². The van der Waals surface area contributed by atoms with Crippen molar-refractivity contribution in [3.63, 3.8) is 0 Å². The molecule has 0 saturated heterocycles. The monoisotopic (exact) mass is 235 g/mol. The quantitative estimate of drug-likeness (QED) is 0.851. The third kappa shape index (κ3) is 3.44. The molecule has 0 aromatic carbocycles. The molecular weight excluding hydrogens is 214 g/mol. The lowest BCUT2D eigenvalue weighted by molar-refractivity contribution is 0.0756. The Balaban J connectivity index is 2.92. The highest BCUT2D eigenvalue weighted by atomic mass is 16.2. The van der Waals surface area contributed by atoms with E-state index in [0.717, 1.165) is 31.6 Å². The van der Waals surface area contributed by atoms with Crippen LogP contribution in [0.2, 0.25) is 0 Å². The summed E-state index contributed by atoms with van der Waals surface area (Å²) in [6, 6.07) is 1.74. The van der Waals surface area contributed by atoms with E-state index in [0.29, 0.717) is 11.3 Å². The number of carbonyl (C=O) groups is 1. The van der Waals surface area contributed by atoms with Crippen molar-refractivity contribution in [2.24, 2.45) is 0 Å². The largest absolute Gasteiger partial charge is 0.398 e. The van der Waals surface area contributed by atoms with E-state index in [1.165, 1.54) is 0 Å². The number of carbonyl (C=O) groups excluding carboxylic acids is 1. The van der Waals surface area contributed by atoms with Crippen LogP contribution in [0.25, 0.3) is 0 Å². The van der Waals surface area contributed by atoms with E-state index in [1.54, 1.807) is 12.3 Å². The van der Waals surface area contributed by atoms with Gasteiger partial charge in [-0.3, -0.25) is 9.78 Å². The number of hydrogen-bond acceptors (Lipinski definition) is 3. The maximum absolute atomic E-state index is 12.3. The van der Waals surface area contributed by atoms with Crippen molar-refractivity contribution in [1.29, 1.82) is 0 Å². The maximum atomic E-state index is 12.3. The Morgan fingerprint density at radius 2 is 1.94 bits per heavy atom. The van der Waals surface area contributed by atoms with Crippen molar-refractivity contribution in [3.8, 4) is 0 Å². The molecule has 0 spiro atoms. The zero-order chi connectivity index (χ0) is 12.8. The van der Waals surface area contributed by atoms with Gasteiger partial charge in [0.25, 0.3) is 5.91 Å². The second-order valence-electron chi connectivity index (χ2n) is 4.21. The molecule has 1 rings (SSSR count). The van der Waals surface area contributed by atoms with Gasteiger partial charge in [0, 0.05) is 30.7 Å². The van der Waals surface area contributed by atoms with Gasteiger partial charge in [0.15, 0.2) is 0 Å². The van der Waals surface area contributed by atoms with Crippen LogP contribution in [-0.2, 0) is 0 Å². The van der Waals surface area contributed by atoms with Crippen molar-refractivity contribution in [3.05, 3.63) is 23.5 Å². The highest BCUT2D eigenvalue weighted by molar-refractivity contribution is 5.98. The Morgan fingerprint density at radius 3 is 2.41 bits per heavy atom.